The van der Waals surface area contributed by atoms with Crippen molar-refractivity contribution in [1.29, 1.82) is 0 Å². The van der Waals surface area contributed by atoms with Gasteiger partial charge in [-0.2, -0.15) is 0 Å². The standard InChI is InChI=1S/C20H20F2N6O4/c1-25-17(29)14(9-23-20(25)32)19(31)27-6-4-26(5-7-27)12-2-3-13-15(8-12)24-11-28(18(13)30)10-16(21)22/h2-3,8-9,11,16H,4-7,10H2,1H3,(H,23,32). The highest BCUT2D eigenvalue weighted by Crippen LogP contribution is 2.21. The first-order valence-electron chi connectivity index (χ1n) is 9.86. The van der Waals surface area contributed by atoms with E-state index in [-0.39, 0.29) is 10.9 Å². The molecule has 3 aromatic rings. The van der Waals surface area contributed by atoms with Crippen molar-refractivity contribution in [3.05, 3.63) is 67.5 Å². The van der Waals surface area contributed by atoms with E-state index < -0.39 is 35.7 Å². The highest BCUT2D eigenvalue weighted by atomic mass is 19.3. The zero-order valence-electron chi connectivity index (χ0n) is 17.1. The number of aromatic amines is 1. The summed E-state index contributed by atoms with van der Waals surface area (Å²) in [6.07, 6.45) is -0.404. The van der Waals surface area contributed by atoms with Gasteiger partial charge in [0.05, 0.1) is 23.8 Å². The molecule has 1 amide bonds. The first-order valence-corrected chi connectivity index (χ1v) is 9.86. The Morgan fingerprint density at radius 2 is 1.84 bits per heavy atom. The van der Waals surface area contributed by atoms with Crippen LogP contribution in [0.5, 0.6) is 0 Å². The molecule has 0 radical (unpaired) electrons. The predicted octanol–water partition coefficient (Wildman–Crippen LogP) is 0.0110. The van der Waals surface area contributed by atoms with E-state index in [2.05, 4.69) is 9.97 Å². The molecule has 1 aromatic carbocycles. The van der Waals surface area contributed by atoms with Crippen molar-refractivity contribution in [2.75, 3.05) is 31.1 Å². The number of nitrogens with one attached hydrogen (secondary N) is 1. The Morgan fingerprint density at radius 3 is 2.53 bits per heavy atom. The molecule has 4 rings (SSSR count). The molecule has 0 saturated carbocycles. The number of hydrogen-bond acceptors (Lipinski definition) is 6. The molecular formula is C20H20F2N6O4. The van der Waals surface area contributed by atoms with E-state index in [4.69, 9.17) is 0 Å². The van der Waals surface area contributed by atoms with Crippen LogP contribution < -0.4 is 21.7 Å². The summed E-state index contributed by atoms with van der Waals surface area (Å²) in [4.78, 5) is 58.8. The Hall–Kier alpha value is -3.83. The van der Waals surface area contributed by atoms with Crippen LogP contribution in [0.1, 0.15) is 10.4 Å². The van der Waals surface area contributed by atoms with Crippen LogP contribution >= 0.6 is 0 Å². The third kappa shape index (κ3) is 3.90. The lowest BCUT2D eigenvalue weighted by molar-refractivity contribution is 0.0743. The van der Waals surface area contributed by atoms with Crippen molar-refractivity contribution < 1.29 is 13.6 Å². The minimum atomic E-state index is -2.65. The smallest absolute Gasteiger partial charge is 0.328 e. The summed E-state index contributed by atoms with van der Waals surface area (Å²) < 4.78 is 27.0. The van der Waals surface area contributed by atoms with Crippen LogP contribution in [0.3, 0.4) is 0 Å². The number of rotatable bonds is 4. The van der Waals surface area contributed by atoms with Gasteiger partial charge in [0.25, 0.3) is 23.5 Å². The summed E-state index contributed by atoms with van der Waals surface area (Å²) in [5.74, 6) is -0.457. The minimum absolute atomic E-state index is 0.101. The number of aromatic nitrogens is 4. The second-order valence-corrected chi connectivity index (χ2v) is 7.45. The zero-order chi connectivity index (χ0) is 23.0. The van der Waals surface area contributed by atoms with Gasteiger partial charge in [-0.15, -0.1) is 0 Å². The van der Waals surface area contributed by atoms with E-state index in [1.54, 1.807) is 18.2 Å². The van der Waals surface area contributed by atoms with Crippen molar-refractivity contribution >= 4 is 22.5 Å². The second-order valence-electron chi connectivity index (χ2n) is 7.45. The fourth-order valence-electron chi connectivity index (χ4n) is 3.68. The molecule has 1 saturated heterocycles. The van der Waals surface area contributed by atoms with Gasteiger partial charge in [-0.25, -0.2) is 18.6 Å². The monoisotopic (exact) mass is 446 g/mol. The van der Waals surface area contributed by atoms with Crippen LogP contribution in [0.15, 0.2) is 45.1 Å². The quantitative estimate of drug-likeness (QED) is 0.604. The number of carbonyl (C=O) groups excluding carboxylic acids is 1. The molecule has 2 aromatic heterocycles. The first-order chi connectivity index (χ1) is 15.3. The van der Waals surface area contributed by atoms with Gasteiger partial charge < -0.3 is 14.8 Å². The van der Waals surface area contributed by atoms with Gasteiger partial charge in [-0.05, 0) is 18.2 Å². The topological polar surface area (TPSA) is 113 Å². The molecule has 0 aliphatic carbocycles. The number of hydrogen-bond donors (Lipinski definition) is 1. The molecule has 0 unspecified atom stereocenters. The third-order valence-electron chi connectivity index (χ3n) is 5.49. The molecule has 32 heavy (non-hydrogen) atoms. The molecule has 0 spiro atoms. The molecule has 1 N–H and O–H groups in total. The van der Waals surface area contributed by atoms with Crippen molar-refractivity contribution in [3.63, 3.8) is 0 Å². The largest absolute Gasteiger partial charge is 0.368 e. The van der Waals surface area contributed by atoms with Crippen LogP contribution in [0.2, 0.25) is 0 Å². The fourth-order valence-corrected chi connectivity index (χ4v) is 3.68. The maximum Gasteiger partial charge on any atom is 0.328 e. The van der Waals surface area contributed by atoms with E-state index in [9.17, 15) is 28.0 Å². The lowest BCUT2D eigenvalue weighted by Crippen LogP contribution is -2.50. The van der Waals surface area contributed by atoms with Gasteiger partial charge in [0.2, 0.25) is 0 Å². The average Bonchev–Trinajstić information content (AvgIpc) is 2.79. The molecule has 1 aliphatic heterocycles. The van der Waals surface area contributed by atoms with Gasteiger partial charge in [0, 0.05) is 45.1 Å². The van der Waals surface area contributed by atoms with E-state index >= 15 is 0 Å². The number of H-pyrrole nitrogens is 1. The lowest BCUT2D eigenvalue weighted by atomic mass is 10.2. The van der Waals surface area contributed by atoms with Crippen LogP contribution in [-0.4, -0.2) is 62.5 Å². The third-order valence-corrected chi connectivity index (χ3v) is 5.49. The summed E-state index contributed by atoms with van der Waals surface area (Å²) in [7, 11) is 1.30. The van der Waals surface area contributed by atoms with Crippen LogP contribution in [0.25, 0.3) is 10.9 Å². The van der Waals surface area contributed by atoms with Crippen LogP contribution in [0, 0.1) is 0 Å². The number of piperazine rings is 1. The Balaban J connectivity index is 1.50. The summed E-state index contributed by atoms with van der Waals surface area (Å²) in [5.41, 5.74) is -0.701. The predicted molar refractivity (Wildman–Crippen MR) is 112 cm³/mol. The molecule has 168 valence electrons. The summed E-state index contributed by atoms with van der Waals surface area (Å²) in [5, 5.41) is 0.250. The molecule has 10 nitrogen and oxygen atoms in total. The molecule has 3 heterocycles. The fraction of sp³-hybridized carbons (Fsp3) is 0.350. The second kappa shape index (κ2) is 8.36. The first kappa shape index (κ1) is 21.4. The van der Waals surface area contributed by atoms with Crippen LogP contribution in [-0.2, 0) is 13.6 Å². The number of benzene rings is 1. The van der Waals surface area contributed by atoms with E-state index in [0.717, 1.165) is 27.3 Å². The Bertz CT molecular complexity index is 1350. The van der Waals surface area contributed by atoms with Gasteiger partial charge in [-0.1, -0.05) is 0 Å². The number of fused-ring (bicyclic) bond motifs is 1. The summed E-state index contributed by atoms with van der Waals surface area (Å²) in [6.45, 7) is 0.940. The number of alkyl halides is 2. The molecular weight excluding hydrogens is 426 g/mol. The molecule has 1 fully saturated rings. The van der Waals surface area contributed by atoms with Gasteiger partial charge >= 0.3 is 5.69 Å². The van der Waals surface area contributed by atoms with E-state index in [1.807, 2.05) is 4.90 Å². The van der Waals surface area contributed by atoms with Gasteiger partial charge in [0.1, 0.15) is 5.56 Å². The van der Waals surface area contributed by atoms with E-state index in [1.165, 1.54) is 11.9 Å². The number of carbonyl (C=O) groups is 1. The van der Waals surface area contributed by atoms with Crippen molar-refractivity contribution in [1.82, 2.24) is 24.0 Å². The van der Waals surface area contributed by atoms with Crippen molar-refractivity contribution in [2.24, 2.45) is 7.05 Å². The Labute approximate surface area is 179 Å². The van der Waals surface area contributed by atoms with Crippen molar-refractivity contribution in [3.8, 4) is 0 Å². The highest BCUT2D eigenvalue weighted by Gasteiger charge is 2.25. The number of anilines is 1. The van der Waals surface area contributed by atoms with Gasteiger partial charge in [-0.3, -0.25) is 23.5 Å². The molecule has 1 aliphatic rings. The SMILES string of the molecule is Cn1c(=O)[nH]cc(C(=O)N2CCN(c3ccc4c(=O)n(CC(F)F)cnc4c3)CC2)c1=O. The molecule has 0 atom stereocenters. The summed E-state index contributed by atoms with van der Waals surface area (Å²) in [6, 6.07) is 4.98. The summed E-state index contributed by atoms with van der Waals surface area (Å²) >= 11 is 0. The average molecular weight is 446 g/mol. The zero-order valence-corrected chi connectivity index (χ0v) is 17.1. The number of nitrogens with zero attached hydrogens (tertiary/aromatic N) is 5. The Morgan fingerprint density at radius 1 is 1.12 bits per heavy atom. The van der Waals surface area contributed by atoms with Crippen molar-refractivity contribution in [2.45, 2.75) is 13.0 Å². The number of halogens is 2. The lowest BCUT2D eigenvalue weighted by Gasteiger charge is -2.36. The Kier molecular flexibility index (Phi) is 5.59. The normalized spacial score (nSPS) is 14.4. The maximum atomic E-state index is 12.7. The van der Waals surface area contributed by atoms with Gasteiger partial charge in [0.15, 0.2) is 0 Å². The van der Waals surface area contributed by atoms with Crippen LogP contribution in [0.4, 0.5) is 14.5 Å². The molecule has 0 bridgehead atoms. The highest BCUT2D eigenvalue weighted by molar-refractivity contribution is 5.93. The maximum absolute atomic E-state index is 12.7. The van der Waals surface area contributed by atoms with E-state index in [0.29, 0.717) is 31.7 Å². The molecule has 12 heteroatoms. The number of amides is 1. The minimum Gasteiger partial charge on any atom is -0.368 e.